The molecule has 1 fully saturated rings. The van der Waals surface area contributed by atoms with E-state index in [2.05, 4.69) is 10.4 Å². The van der Waals surface area contributed by atoms with Gasteiger partial charge >= 0.3 is 0 Å². The van der Waals surface area contributed by atoms with Crippen molar-refractivity contribution in [2.45, 2.75) is 37.3 Å². The van der Waals surface area contributed by atoms with Gasteiger partial charge in [-0.3, -0.25) is 14.6 Å². The SMILES string of the molecule is NSc1cc(NC(=O)Cc2ccccc2Cl)ccc1COc1cnn(CC2CC2)c1. The van der Waals surface area contributed by atoms with Gasteiger partial charge in [0.2, 0.25) is 5.91 Å². The van der Waals surface area contributed by atoms with Crippen LogP contribution in [0.5, 0.6) is 5.75 Å². The van der Waals surface area contributed by atoms with Crippen LogP contribution in [0.4, 0.5) is 5.69 Å². The summed E-state index contributed by atoms with van der Waals surface area (Å²) in [6.45, 7) is 1.33. The minimum absolute atomic E-state index is 0.136. The Morgan fingerprint density at radius 3 is 2.87 bits per heavy atom. The van der Waals surface area contributed by atoms with Crippen LogP contribution in [0.25, 0.3) is 0 Å². The zero-order chi connectivity index (χ0) is 20.9. The minimum Gasteiger partial charge on any atom is -0.486 e. The Morgan fingerprint density at radius 2 is 2.10 bits per heavy atom. The lowest BCUT2D eigenvalue weighted by atomic mass is 10.1. The van der Waals surface area contributed by atoms with Crippen molar-refractivity contribution in [3.63, 3.8) is 0 Å². The van der Waals surface area contributed by atoms with Gasteiger partial charge in [-0.25, -0.2) is 0 Å². The Balaban J connectivity index is 1.35. The number of carbonyl (C=O) groups excluding carboxylic acids is 1. The second-order valence-corrected chi connectivity index (χ2v) is 8.47. The third-order valence-electron chi connectivity index (χ3n) is 4.93. The number of rotatable bonds is 9. The fraction of sp³-hybridized carbons (Fsp3) is 0.273. The standard InChI is InChI=1S/C22H23ClN4O2S/c23-20-4-2-1-3-16(20)9-22(28)26-18-8-7-17(21(10-18)30-24)14-29-19-11-25-27(13-19)12-15-5-6-15/h1-4,7-8,10-11,13,15H,5-6,9,12,14,24H2,(H,26,28). The summed E-state index contributed by atoms with van der Waals surface area (Å²) in [6, 6.07) is 12.9. The third-order valence-corrected chi connectivity index (χ3v) is 5.94. The van der Waals surface area contributed by atoms with Gasteiger partial charge in [0.1, 0.15) is 6.61 Å². The highest BCUT2D eigenvalue weighted by molar-refractivity contribution is 7.97. The summed E-state index contributed by atoms with van der Waals surface area (Å²) >= 11 is 7.26. The van der Waals surface area contributed by atoms with Crippen LogP contribution in [0.15, 0.2) is 59.8 Å². The maximum Gasteiger partial charge on any atom is 0.228 e. The molecule has 4 rings (SSSR count). The maximum absolute atomic E-state index is 12.4. The van der Waals surface area contributed by atoms with Crippen molar-refractivity contribution in [1.82, 2.24) is 9.78 Å². The Kier molecular flexibility index (Phi) is 6.62. The second kappa shape index (κ2) is 9.55. The van der Waals surface area contributed by atoms with Crippen molar-refractivity contribution in [2.75, 3.05) is 5.32 Å². The highest BCUT2D eigenvalue weighted by Crippen LogP contribution is 2.31. The number of ether oxygens (including phenoxy) is 1. The lowest BCUT2D eigenvalue weighted by Crippen LogP contribution is -2.15. The van der Waals surface area contributed by atoms with Crippen LogP contribution >= 0.6 is 23.5 Å². The molecule has 0 bridgehead atoms. The van der Waals surface area contributed by atoms with Gasteiger partial charge in [-0.1, -0.05) is 35.9 Å². The summed E-state index contributed by atoms with van der Waals surface area (Å²) in [5.74, 6) is 1.36. The molecule has 8 heteroatoms. The molecule has 3 aromatic rings. The van der Waals surface area contributed by atoms with Crippen molar-refractivity contribution >= 4 is 35.1 Å². The summed E-state index contributed by atoms with van der Waals surface area (Å²) in [5.41, 5.74) is 2.42. The largest absolute Gasteiger partial charge is 0.486 e. The highest BCUT2D eigenvalue weighted by Gasteiger charge is 2.22. The van der Waals surface area contributed by atoms with E-state index >= 15 is 0 Å². The topological polar surface area (TPSA) is 82.2 Å². The van der Waals surface area contributed by atoms with Gasteiger partial charge in [0.05, 0.1) is 18.8 Å². The Morgan fingerprint density at radius 1 is 1.27 bits per heavy atom. The number of amides is 1. The van der Waals surface area contributed by atoms with Gasteiger partial charge in [0.25, 0.3) is 0 Å². The van der Waals surface area contributed by atoms with Crippen LogP contribution < -0.4 is 15.2 Å². The van der Waals surface area contributed by atoms with Crippen LogP contribution in [0.1, 0.15) is 24.0 Å². The fourth-order valence-electron chi connectivity index (χ4n) is 3.13. The predicted octanol–water partition coefficient (Wildman–Crippen LogP) is 4.67. The van der Waals surface area contributed by atoms with E-state index in [0.29, 0.717) is 17.3 Å². The van der Waals surface area contributed by atoms with Gasteiger partial charge in [0, 0.05) is 27.7 Å². The molecular formula is C22H23ClN4O2S. The van der Waals surface area contributed by atoms with Crippen molar-refractivity contribution in [3.05, 3.63) is 71.0 Å². The number of hydrogen-bond donors (Lipinski definition) is 2. The molecule has 0 saturated heterocycles. The number of hydrogen-bond acceptors (Lipinski definition) is 5. The van der Waals surface area contributed by atoms with Crippen LogP contribution in [0.2, 0.25) is 5.02 Å². The number of nitrogens with zero attached hydrogens (tertiary/aromatic N) is 2. The molecule has 0 aliphatic heterocycles. The first kappa shape index (κ1) is 20.8. The summed E-state index contributed by atoms with van der Waals surface area (Å²) in [7, 11) is 0. The average molecular weight is 443 g/mol. The van der Waals surface area contributed by atoms with Crippen molar-refractivity contribution in [2.24, 2.45) is 11.1 Å². The molecule has 1 saturated carbocycles. The Labute approximate surface area is 184 Å². The molecule has 1 amide bonds. The van der Waals surface area contributed by atoms with E-state index in [9.17, 15) is 4.79 Å². The summed E-state index contributed by atoms with van der Waals surface area (Å²) < 4.78 is 7.81. The van der Waals surface area contributed by atoms with Gasteiger partial charge in [-0.2, -0.15) is 5.10 Å². The molecule has 0 unspecified atom stereocenters. The monoisotopic (exact) mass is 442 g/mol. The molecule has 2 aromatic carbocycles. The number of nitrogens with one attached hydrogen (secondary N) is 1. The Hall–Kier alpha value is -2.48. The van der Waals surface area contributed by atoms with E-state index in [0.717, 1.165) is 46.2 Å². The minimum atomic E-state index is -0.136. The number of benzene rings is 2. The number of carbonyl (C=O) groups is 1. The molecule has 1 aliphatic carbocycles. The van der Waals surface area contributed by atoms with Crippen LogP contribution in [-0.2, 0) is 24.4 Å². The van der Waals surface area contributed by atoms with E-state index in [1.54, 1.807) is 12.3 Å². The smallest absolute Gasteiger partial charge is 0.228 e. The molecule has 1 heterocycles. The maximum atomic E-state index is 12.4. The second-order valence-electron chi connectivity index (χ2n) is 7.39. The summed E-state index contributed by atoms with van der Waals surface area (Å²) in [5, 5.41) is 13.7. The average Bonchev–Trinajstić information content (AvgIpc) is 3.44. The molecule has 3 N–H and O–H groups in total. The van der Waals surface area contributed by atoms with Crippen LogP contribution in [0, 0.1) is 5.92 Å². The van der Waals surface area contributed by atoms with Crippen molar-refractivity contribution in [3.8, 4) is 5.75 Å². The third kappa shape index (κ3) is 5.56. The first-order valence-electron chi connectivity index (χ1n) is 9.79. The molecular weight excluding hydrogens is 420 g/mol. The van der Waals surface area contributed by atoms with E-state index in [1.165, 1.54) is 12.8 Å². The van der Waals surface area contributed by atoms with Gasteiger partial charge in [-0.05, 0) is 54.5 Å². The summed E-state index contributed by atoms with van der Waals surface area (Å²) in [6.07, 6.45) is 6.45. The molecule has 6 nitrogen and oxygen atoms in total. The Bertz CT molecular complexity index is 1040. The number of aromatic nitrogens is 2. The van der Waals surface area contributed by atoms with Gasteiger partial charge in [-0.15, -0.1) is 0 Å². The van der Waals surface area contributed by atoms with Crippen LogP contribution in [-0.4, -0.2) is 15.7 Å². The first-order chi connectivity index (χ1) is 14.6. The van der Waals surface area contributed by atoms with E-state index in [1.807, 2.05) is 47.3 Å². The van der Waals surface area contributed by atoms with Crippen LogP contribution in [0.3, 0.4) is 0 Å². The zero-order valence-electron chi connectivity index (χ0n) is 16.4. The van der Waals surface area contributed by atoms with Gasteiger partial charge < -0.3 is 10.1 Å². The lowest BCUT2D eigenvalue weighted by Gasteiger charge is -2.12. The molecule has 156 valence electrons. The quantitative estimate of drug-likeness (QED) is 0.470. The normalized spacial score (nSPS) is 13.3. The molecule has 0 radical (unpaired) electrons. The molecule has 0 atom stereocenters. The van der Waals surface area contributed by atoms with Crippen molar-refractivity contribution in [1.29, 1.82) is 0 Å². The number of nitrogens with two attached hydrogens (primary N) is 1. The molecule has 30 heavy (non-hydrogen) atoms. The first-order valence-corrected chi connectivity index (χ1v) is 11.0. The fourth-order valence-corrected chi connectivity index (χ4v) is 3.80. The van der Waals surface area contributed by atoms with E-state index in [4.69, 9.17) is 21.5 Å². The van der Waals surface area contributed by atoms with Crippen molar-refractivity contribution < 1.29 is 9.53 Å². The number of anilines is 1. The van der Waals surface area contributed by atoms with E-state index in [-0.39, 0.29) is 12.3 Å². The summed E-state index contributed by atoms with van der Waals surface area (Å²) in [4.78, 5) is 13.2. The van der Waals surface area contributed by atoms with E-state index < -0.39 is 0 Å². The zero-order valence-corrected chi connectivity index (χ0v) is 18.0. The lowest BCUT2D eigenvalue weighted by molar-refractivity contribution is -0.115. The number of halogens is 1. The molecule has 0 spiro atoms. The highest BCUT2D eigenvalue weighted by atomic mass is 35.5. The molecule has 1 aromatic heterocycles. The van der Waals surface area contributed by atoms with Gasteiger partial charge in [0.15, 0.2) is 5.75 Å². The molecule has 1 aliphatic rings. The predicted molar refractivity (Wildman–Crippen MR) is 120 cm³/mol.